The van der Waals surface area contributed by atoms with Crippen molar-refractivity contribution >= 4 is 10.9 Å². The van der Waals surface area contributed by atoms with Crippen LogP contribution in [0.3, 0.4) is 0 Å². The van der Waals surface area contributed by atoms with Gasteiger partial charge in [-0.2, -0.15) is 0 Å². The lowest BCUT2D eigenvalue weighted by Gasteiger charge is -2.45. The number of ether oxygens (including phenoxy) is 3. The maximum absolute atomic E-state index is 10.9. The van der Waals surface area contributed by atoms with Crippen molar-refractivity contribution in [3.63, 3.8) is 0 Å². The van der Waals surface area contributed by atoms with E-state index >= 15 is 0 Å². The zero-order chi connectivity index (χ0) is 22.2. The van der Waals surface area contributed by atoms with Gasteiger partial charge in [0.1, 0.15) is 23.7 Å². The van der Waals surface area contributed by atoms with Gasteiger partial charge in [-0.3, -0.25) is 0 Å². The molecule has 1 fully saturated rings. The molecule has 1 aliphatic heterocycles. The summed E-state index contributed by atoms with van der Waals surface area (Å²) in [7, 11) is 1.60. The molecule has 9 heteroatoms. The molecular weight excluding hydrogens is 406 g/mol. The monoisotopic (exact) mass is 431 g/mol. The van der Waals surface area contributed by atoms with Crippen molar-refractivity contribution in [1.82, 2.24) is 4.98 Å². The first-order valence-electron chi connectivity index (χ1n) is 9.81. The van der Waals surface area contributed by atoms with Gasteiger partial charge in [0.25, 0.3) is 5.79 Å². The highest BCUT2D eigenvalue weighted by molar-refractivity contribution is 5.89. The van der Waals surface area contributed by atoms with Gasteiger partial charge in [-0.25, -0.2) is 0 Å². The van der Waals surface area contributed by atoms with Crippen LogP contribution in [0.4, 0.5) is 0 Å². The van der Waals surface area contributed by atoms with Crippen LogP contribution in [0.2, 0.25) is 0 Å². The van der Waals surface area contributed by atoms with Crippen LogP contribution in [0.1, 0.15) is 11.1 Å². The van der Waals surface area contributed by atoms with Crippen molar-refractivity contribution in [1.29, 1.82) is 0 Å². The predicted octanol–water partition coefficient (Wildman–Crippen LogP) is 0.266. The Labute approximate surface area is 178 Å². The van der Waals surface area contributed by atoms with E-state index in [0.717, 1.165) is 22.4 Å². The minimum absolute atomic E-state index is 0.182. The fourth-order valence-electron chi connectivity index (χ4n) is 3.78. The van der Waals surface area contributed by atoms with Gasteiger partial charge in [-0.05, 0) is 41.8 Å². The Morgan fingerprint density at radius 1 is 1.10 bits per heavy atom. The molecule has 1 aromatic heterocycles. The Morgan fingerprint density at radius 3 is 2.52 bits per heavy atom. The molecule has 0 saturated carbocycles. The second-order valence-corrected chi connectivity index (χ2v) is 7.52. The van der Waals surface area contributed by atoms with E-state index in [1.165, 1.54) is 0 Å². The van der Waals surface area contributed by atoms with E-state index in [1.807, 2.05) is 36.5 Å². The normalized spacial score (nSPS) is 28.6. The number of aliphatic hydroxyl groups is 5. The Hall–Kier alpha value is -2.66. The summed E-state index contributed by atoms with van der Waals surface area (Å²) in [5.74, 6) is -1.72. The van der Waals surface area contributed by atoms with Crippen LogP contribution in [-0.2, 0) is 11.2 Å². The molecule has 0 spiro atoms. The molecule has 0 bridgehead atoms. The second-order valence-electron chi connectivity index (χ2n) is 7.52. The van der Waals surface area contributed by atoms with E-state index in [4.69, 9.17) is 14.2 Å². The van der Waals surface area contributed by atoms with Gasteiger partial charge >= 0.3 is 0 Å². The summed E-state index contributed by atoms with van der Waals surface area (Å²) in [6.07, 6.45) is -4.49. The van der Waals surface area contributed by atoms with E-state index in [9.17, 15) is 25.5 Å². The number of methoxy groups -OCH3 is 1. The maximum atomic E-state index is 10.9. The van der Waals surface area contributed by atoms with E-state index in [1.54, 1.807) is 19.2 Å². The SMILES string of the molecule is COc1ccc(Cc2c[nH]c3cccc(O[C@]4(O)[C@H](O)O[C@H](CO)[C@@H](O)[C@@H]4O)c23)cc1. The van der Waals surface area contributed by atoms with Gasteiger partial charge < -0.3 is 44.7 Å². The first kappa shape index (κ1) is 21.6. The molecule has 166 valence electrons. The fourth-order valence-corrected chi connectivity index (χ4v) is 3.78. The number of benzene rings is 2. The predicted molar refractivity (Wildman–Crippen MR) is 110 cm³/mol. The molecule has 1 saturated heterocycles. The van der Waals surface area contributed by atoms with Crippen molar-refractivity contribution < 1.29 is 39.7 Å². The first-order valence-corrected chi connectivity index (χ1v) is 9.81. The van der Waals surface area contributed by atoms with E-state index in [2.05, 4.69) is 4.98 Å². The lowest BCUT2D eigenvalue weighted by Crippen LogP contribution is -2.69. The molecule has 0 aliphatic carbocycles. The van der Waals surface area contributed by atoms with Crippen molar-refractivity contribution in [3.8, 4) is 11.5 Å². The largest absolute Gasteiger partial charge is 0.497 e. The minimum atomic E-state index is -2.64. The fraction of sp³-hybridized carbons (Fsp3) is 0.364. The zero-order valence-corrected chi connectivity index (χ0v) is 16.8. The molecule has 0 unspecified atom stereocenters. The van der Waals surface area contributed by atoms with Crippen LogP contribution in [0.15, 0.2) is 48.7 Å². The van der Waals surface area contributed by atoms with Crippen LogP contribution in [0, 0.1) is 0 Å². The van der Waals surface area contributed by atoms with Gasteiger partial charge in [-0.1, -0.05) is 18.2 Å². The number of fused-ring (bicyclic) bond motifs is 1. The van der Waals surface area contributed by atoms with Gasteiger partial charge in [0.15, 0.2) is 6.10 Å². The number of hydrogen-bond donors (Lipinski definition) is 6. The van der Waals surface area contributed by atoms with Gasteiger partial charge in [-0.15, -0.1) is 0 Å². The molecule has 1 aliphatic rings. The molecule has 6 N–H and O–H groups in total. The lowest BCUT2D eigenvalue weighted by molar-refractivity contribution is -0.385. The van der Waals surface area contributed by atoms with Gasteiger partial charge in [0.05, 0.1) is 13.7 Å². The van der Waals surface area contributed by atoms with Gasteiger partial charge in [0, 0.05) is 17.1 Å². The molecule has 0 amide bonds. The summed E-state index contributed by atoms with van der Waals surface area (Å²) in [5.41, 5.74) is 2.59. The molecule has 31 heavy (non-hydrogen) atoms. The number of nitrogens with one attached hydrogen (secondary N) is 1. The van der Waals surface area contributed by atoms with E-state index in [-0.39, 0.29) is 5.75 Å². The molecule has 9 nitrogen and oxygen atoms in total. The molecule has 5 atom stereocenters. The van der Waals surface area contributed by atoms with E-state index < -0.39 is 37.0 Å². The average molecular weight is 431 g/mol. The van der Waals surface area contributed by atoms with Gasteiger partial charge in [0.2, 0.25) is 6.29 Å². The lowest BCUT2D eigenvalue weighted by atomic mass is 9.95. The Bertz CT molecular complexity index is 1040. The number of aromatic nitrogens is 1. The highest BCUT2D eigenvalue weighted by atomic mass is 16.7. The summed E-state index contributed by atoms with van der Waals surface area (Å²) in [4.78, 5) is 3.14. The number of hydrogen-bond acceptors (Lipinski definition) is 8. The smallest absolute Gasteiger partial charge is 0.288 e. The first-order chi connectivity index (χ1) is 14.9. The summed E-state index contributed by atoms with van der Waals surface area (Å²) in [6, 6.07) is 12.7. The summed E-state index contributed by atoms with van der Waals surface area (Å²) < 4.78 is 15.9. The molecule has 2 heterocycles. The van der Waals surface area contributed by atoms with Crippen molar-refractivity contribution in [2.45, 2.75) is 36.8 Å². The third-order valence-corrected chi connectivity index (χ3v) is 5.54. The van der Waals surface area contributed by atoms with Crippen molar-refractivity contribution in [2.24, 2.45) is 0 Å². The number of H-pyrrole nitrogens is 1. The molecule has 0 radical (unpaired) electrons. The van der Waals surface area contributed by atoms with Crippen LogP contribution in [-0.4, -0.2) is 74.6 Å². The number of rotatable bonds is 6. The summed E-state index contributed by atoms with van der Waals surface area (Å²) in [6.45, 7) is -0.648. The molecular formula is C22H25NO8. The summed E-state index contributed by atoms with van der Waals surface area (Å²) >= 11 is 0. The van der Waals surface area contributed by atoms with Crippen molar-refractivity contribution in [2.75, 3.05) is 13.7 Å². The minimum Gasteiger partial charge on any atom is -0.497 e. The summed E-state index contributed by atoms with van der Waals surface area (Å²) in [5, 5.41) is 51.5. The standard InChI is InChI=1S/C22H25NO8/c1-29-14-7-5-12(6-8-14)9-13-10-23-15-3-2-4-16(18(13)15)31-22(28)20(26)19(25)17(11-24)30-21(22)27/h2-8,10,17,19-21,23-28H,9,11H2,1H3/t17-,19-,20+,21-,22+/m1/s1. The third-order valence-electron chi connectivity index (χ3n) is 5.54. The van der Waals surface area contributed by atoms with Crippen LogP contribution in [0.5, 0.6) is 11.5 Å². The van der Waals surface area contributed by atoms with Crippen LogP contribution >= 0.6 is 0 Å². The van der Waals surface area contributed by atoms with Crippen LogP contribution < -0.4 is 9.47 Å². The molecule has 3 aromatic rings. The molecule has 4 rings (SSSR count). The maximum Gasteiger partial charge on any atom is 0.288 e. The zero-order valence-electron chi connectivity index (χ0n) is 16.8. The topological polar surface area (TPSA) is 145 Å². The molecule has 2 aromatic carbocycles. The van der Waals surface area contributed by atoms with Crippen LogP contribution in [0.25, 0.3) is 10.9 Å². The Kier molecular flexibility index (Phi) is 5.89. The quantitative estimate of drug-likeness (QED) is 0.305. The number of aliphatic hydroxyl groups excluding tert-OH is 4. The Morgan fingerprint density at radius 2 is 1.84 bits per heavy atom. The second kappa shape index (κ2) is 8.46. The highest BCUT2D eigenvalue weighted by Crippen LogP contribution is 2.36. The average Bonchev–Trinajstić information content (AvgIpc) is 3.19. The third kappa shape index (κ3) is 3.87. The Balaban J connectivity index is 1.67. The number of aromatic amines is 1. The highest BCUT2D eigenvalue weighted by Gasteiger charge is 2.57. The van der Waals surface area contributed by atoms with Crippen molar-refractivity contribution in [3.05, 3.63) is 59.8 Å². The van der Waals surface area contributed by atoms with E-state index in [0.29, 0.717) is 11.8 Å².